The molecule has 0 spiro atoms. The first kappa shape index (κ1) is 23.5. The fourth-order valence-corrected chi connectivity index (χ4v) is 4.00. The molecule has 2 aromatic carbocycles. The molecule has 0 saturated heterocycles. The topological polar surface area (TPSA) is 69.6 Å². The van der Waals surface area contributed by atoms with Crippen LogP contribution in [0.1, 0.15) is 47.4 Å². The summed E-state index contributed by atoms with van der Waals surface area (Å²) in [7, 11) is 0. The van der Waals surface area contributed by atoms with Crippen LogP contribution in [-0.2, 0) is 4.79 Å². The Kier molecular flexibility index (Phi) is 7.33. The van der Waals surface area contributed by atoms with Gasteiger partial charge in [0.2, 0.25) is 0 Å². The lowest BCUT2D eigenvalue weighted by molar-refractivity contribution is -0.112. The number of allylic oxidation sites excluding steroid dienone is 2. The third-order valence-electron chi connectivity index (χ3n) is 5.45. The lowest BCUT2D eigenvalue weighted by atomic mass is 10.0. The van der Waals surface area contributed by atoms with Gasteiger partial charge < -0.3 is 15.3 Å². The number of rotatable bonds is 5. The van der Waals surface area contributed by atoms with Gasteiger partial charge in [-0.15, -0.1) is 0 Å². The van der Waals surface area contributed by atoms with Crippen molar-refractivity contribution < 1.29 is 14.7 Å². The Labute approximate surface area is 193 Å². The van der Waals surface area contributed by atoms with Gasteiger partial charge in [0, 0.05) is 39.6 Å². The number of halogens is 1. The fraction of sp³-hybridized carbons (Fsp3) is 0.231. The average Bonchev–Trinajstić information content (AvgIpc) is 2.90. The van der Waals surface area contributed by atoms with Gasteiger partial charge in [0.1, 0.15) is 0 Å². The molecule has 32 heavy (non-hydrogen) atoms. The SMILES string of the molecule is C=C/C=C(\C(=C)C)C(=O)Nc1ccc(C(=O)N2CCCC(O)c3cc(Cl)ccc32)c(C)c1. The Morgan fingerprint density at radius 1 is 1.25 bits per heavy atom. The molecular weight excluding hydrogens is 424 g/mol. The summed E-state index contributed by atoms with van der Waals surface area (Å²) in [5.74, 6) is -0.449. The summed E-state index contributed by atoms with van der Waals surface area (Å²) in [6.07, 6.45) is 3.72. The minimum absolute atomic E-state index is 0.160. The molecule has 2 amide bonds. The number of fused-ring (bicyclic) bond motifs is 1. The highest BCUT2D eigenvalue weighted by atomic mass is 35.5. The molecule has 1 aliphatic rings. The third-order valence-corrected chi connectivity index (χ3v) is 5.68. The first-order chi connectivity index (χ1) is 15.2. The molecule has 0 aliphatic carbocycles. The van der Waals surface area contributed by atoms with Gasteiger partial charge in [-0.2, -0.15) is 0 Å². The number of anilines is 2. The van der Waals surface area contributed by atoms with Gasteiger partial charge in [0.05, 0.1) is 6.10 Å². The number of hydrogen-bond acceptors (Lipinski definition) is 3. The van der Waals surface area contributed by atoms with Crippen LogP contribution in [0.25, 0.3) is 0 Å². The van der Waals surface area contributed by atoms with E-state index in [-0.39, 0.29) is 11.8 Å². The first-order valence-electron chi connectivity index (χ1n) is 10.4. The molecule has 3 rings (SSSR count). The van der Waals surface area contributed by atoms with Gasteiger partial charge in [-0.05, 0) is 80.3 Å². The van der Waals surface area contributed by atoms with E-state index in [1.807, 2.05) is 6.92 Å². The van der Waals surface area contributed by atoms with Gasteiger partial charge in [0.25, 0.3) is 11.8 Å². The van der Waals surface area contributed by atoms with E-state index in [0.717, 1.165) is 5.56 Å². The number of amides is 2. The van der Waals surface area contributed by atoms with E-state index in [1.165, 1.54) is 0 Å². The number of benzene rings is 2. The zero-order chi connectivity index (χ0) is 23.4. The van der Waals surface area contributed by atoms with Crippen molar-refractivity contribution in [3.8, 4) is 0 Å². The van der Waals surface area contributed by atoms with Gasteiger partial charge >= 0.3 is 0 Å². The maximum atomic E-state index is 13.4. The molecule has 1 unspecified atom stereocenters. The Morgan fingerprint density at radius 2 is 2.00 bits per heavy atom. The van der Waals surface area contributed by atoms with Crippen LogP contribution >= 0.6 is 11.6 Å². The van der Waals surface area contributed by atoms with E-state index in [2.05, 4.69) is 18.5 Å². The number of aliphatic hydroxyl groups excluding tert-OH is 1. The van der Waals surface area contributed by atoms with Crippen LogP contribution in [0.5, 0.6) is 0 Å². The van der Waals surface area contributed by atoms with Gasteiger partial charge in [0.15, 0.2) is 0 Å². The summed E-state index contributed by atoms with van der Waals surface area (Å²) >= 11 is 6.12. The number of hydrogen-bond donors (Lipinski definition) is 2. The number of carbonyl (C=O) groups is 2. The second kappa shape index (κ2) is 9.98. The molecule has 5 nitrogen and oxygen atoms in total. The zero-order valence-electron chi connectivity index (χ0n) is 18.3. The quantitative estimate of drug-likeness (QED) is 0.450. The average molecular weight is 451 g/mol. The maximum absolute atomic E-state index is 13.4. The van der Waals surface area contributed by atoms with Crippen LogP contribution in [0.3, 0.4) is 0 Å². The van der Waals surface area contributed by atoms with Crippen LogP contribution < -0.4 is 10.2 Å². The first-order valence-corrected chi connectivity index (χ1v) is 10.8. The Morgan fingerprint density at radius 3 is 2.66 bits per heavy atom. The zero-order valence-corrected chi connectivity index (χ0v) is 19.1. The predicted molar refractivity (Wildman–Crippen MR) is 130 cm³/mol. The van der Waals surface area contributed by atoms with Crippen LogP contribution in [0.2, 0.25) is 5.02 Å². The predicted octanol–water partition coefficient (Wildman–Crippen LogP) is 5.75. The summed E-state index contributed by atoms with van der Waals surface area (Å²) in [4.78, 5) is 27.7. The normalized spacial score (nSPS) is 16.1. The highest BCUT2D eigenvalue weighted by Crippen LogP contribution is 2.36. The number of nitrogens with zero attached hydrogens (tertiary/aromatic N) is 1. The lowest BCUT2D eigenvalue weighted by Gasteiger charge is -2.24. The van der Waals surface area contributed by atoms with E-state index >= 15 is 0 Å². The molecule has 0 fully saturated rings. The molecule has 1 atom stereocenters. The molecule has 2 N–H and O–H groups in total. The summed E-state index contributed by atoms with van der Waals surface area (Å²) in [5, 5.41) is 13.8. The summed E-state index contributed by atoms with van der Waals surface area (Å²) in [6, 6.07) is 10.4. The van der Waals surface area contributed by atoms with Crippen LogP contribution in [-0.4, -0.2) is 23.5 Å². The van der Waals surface area contributed by atoms with Crippen LogP contribution in [0.15, 0.2) is 72.9 Å². The van der Waals surface area contributed by atoms with Gasteiger partial charge in [-0.1, -0.05) is 30.8 Å². The lowest BCUT2D eigenvalue weighted by Crippen LogP contribution is -2.32. The van der Waals surface area contributed by atoms with Crippen LogP contribution in [0.4, 0.5) is 11.4 Å². The molecule has 0 aromatic heterocycles. The summed E-state index contributed by atoms with van der Waals surface area (Å²) in [6.45, 7) is 11.5. The maximum Gasteiger partial charge on any atom is 0.258 e. The van der Waals surface area contributed by atoms with Crippen molar-refractivity contribution in [2.75, 3.05) is 16.8 Å². The number of aliphatic hydroxyl groups is 1. The monoisotopic (exact) mass is 450 g/mol. The van der Waals surface area contributed by atoms with Crippen molar-refractivity contribution in [3.05, 3.63) is 94.6 Å². The standard InChI is InChI=1S/C26H27ClN2O3/c1-5-7-20(16(2)3)25(31)28-19-10-11-21(17(4)14-19)26(32)29-13-6-8-24(30)22-15-18(27)9-12-23(22)29/h5,7,9-12,14-15,24,30H,1-2,6,8,13H2,3-4H3,(H,28,31)/b20-7+. The molecule has 0 radical (unpaired) electrons. The van der Waals surface area contributed by atoms with Crippen LogP contribution in [0, 0.1) is 6.92 Å². The Bertz CT molecular complexity index is 1120. The minimum atomic E-state index is -0.661. The van der Waals surface area contributed by atoms with Crippen molar-refractivity contribution in [1.29, 1.82) is 0 Å². The number of nitrogens with one attached hydrogen (secondary N) is 1. The highest BCUT2D eigenvalue weighted by Gasteiger charge is 2.27. The largest absolute Gasteiger partial charge is 0.388 e. The molecular formula is C26H27ClN2O3. The van der Waals surface area contributed by atoms with Gasteiger partial charge in [-0.25, -0.2) is 0 Å². The minimum Gasteiger partial charge on any atom is -0.388 e. The molecule has 2 aromatic rings. The van der Waals surface area contributed by atoms with E-state index in [1.54, 1.807) is 60.4 Å². The van der Waals surface area contributed by atoms with Crippen molar-refractivity contribution in [3.63, 3.8) is 0 Å². The highest BCUT2D eigenvalue weighted by molar-refractivity contribution is 6.30. The Balaban J connectivity index is 1.88. The fourth-order valence-electron chi connectivity index (χ4n) is 3.82. The number of carbonyl (C=O) groups excluding carboxylic acids is 2. The Hall–Kier alpha value is -3.15. The van der Waals surface area contributed by atoms with E-state index in [0.29, 0.717) is 58.1 Å². The molecule has 0 saturated carbocycles. The molecule has 1 aliphatic heterocycles. The summed E-state index contributed by atoms with van der Waals surface area (Å²) in [5.41, 5.74) is 4.25. The molecule has 0 bridgehead atoms. The number of aryl methyl sites for hydroxylation is 1. The third kappa shape index (κ3) is 5.01. The summed E-state index contributed by atoms with van der Waals surface area (Å²) < 4.78 is 0. The van der Waals surface area contributed by atoms with E-state index in [4.69, 9.17) is 11.6 Å². The second-order valence-corrected chi connectivity index (χ2v) is 8.33. The van der Waals surface area contributed by atoms with Crippen molar-refractivity contribution >= 4 is 34.8 Å². The molecule has 6 heteroatoms. The van der Waals surface area contributed by atoms with E-state index in [9.17, 15) is 14.7 Å². The molecule has 1 heterocycles. The second-order valence-electron chi connectivity index (χ2n) is 7.90. The van der Waals surface area contributed by atoms with Crippen molar-refractivity contribution in [2.24, 2.45) is 0 Å². The molecule has 166 valence electrons. The smallest absolute Gasteiger partial charge is 0.258 e. The van der Waals surface area contributed by atoms with Gasteiger partial charge in [-0.3, -0.25) is 9.59 Å². The van der Waals surface area contributed by atoms with Crippen molar-refractivity contribution in [1.82, 2.24) is 0 Å². The van der Waals surface area contributed by atoms with E-state index < -0.39 is 6.10 Å². The van der Waals surface area contributed by atoms with Crippen molar-refractivity contribution in [2.45, 2.75) is 32.8 Å².